The van der Waals surface area contributed by atoms with Gasteiger partial charge in [0.25, 0.3) is 0 Å². The lowest BCUT2D eigenvalue weighted by Crippen LogP contribution is -2.06. The highest BCUT2D eigenvalue weighted by atomic mass is 35.5. The van der Waals surface area contributed by atoms with Crippen LogP contribution >= 0.6 is 58.0 Å². The lowest BCUT2D eigenvalue weighted by molar-refractivity contribution is 0.311. The summed E-state index contributed by atoms with van der Waals surface area (Å²) in [5.74, 6) is 0. The maximum absolute atomic E-state index is 8.66. The van der Waals surface area contributed by atoms with Crippen molar-refractivity contribution in [2.24, 2.45) is 0 Å². The summed E-state index contributed by atoms with van der Waals surface area (Å²) in [5.41, 5.74) is 0.367. The van der Waals surface area contributed by atoms with Crippen LogP contribution in [0.25, 0.3) is 0 Å². The van der Waals surface area contributed by atoms with Crippen molar-refractivity contribution in [2.45, 2.75) is 0 Å². The third kappa shape index (κ3) is 2.76. The van der Waals surface area contributed by atoms with E-state index in [4.69, 9.17) is 63.1 Å². The van der Waals surface area contributed by atoms with Gasteiger partial charge in [-0.1, -0.05) is 58.0 Å². The van der Waals surface area contributed by atoms with Crippen LogP contribution in [0.4, 0.5) is 5.69 Å². The van der Waals surface area contributed by atoms with Crippen LogP contribution in [0.5, 0.6) is 0 Å². The molecule has 0 amide bonds. The number of hydrogen-bond donors (Lipinski definition) is 2. The van der Waals surface area contributed by atoms with E-state index in [0.29, 0.717) is 5.69 Å². The van der Waals surface area contributed by atoms with Gasteiger partial charge in [-0.3, -0.25) is 0 Å². The number of rotatable bonds is 3. The minimum atomic E-state index is -0.0650. The van der Waals surface area contributed by atoms with Crippen molar-refractivity contribution in [2.75, 3.05) is 18.5 Å². The zero-order valence-corrected chi connectivity index (χ0v) is 11.0. The fourth-order valence-electron chi connectivity index (χ4n) is 0.941. The van der Waals surface area contributed by atoms with Crippen LogP contribution in [0.15, 0.2) is 0 Å². The van der Waals surface area contributed by atoms with Gasteiger partial charge in [-0.2, -0.15) is 0 Å². The van der Waals surface area contributed by atoms with Gasteiger partial charge >= 0.3 is 0 Å². The van der Waals surface area contributed by atoms with Gasteiger partial charge < -0.3 is 10.4 Å². The lowest BCUT2D eigenvalue weighted by Gasteiger charge is -2.13. The zero-order valence-electron chi connectivity index (χ0n) is 7.25. The van der Waals surface area contributed by atoms with Crippen molar-refractivity contribution >= 4 is 63.7 Å². The first kappa shape index (κ1) is 13.5. The molecule has 1 rings (SSSR count). The first-order valence-corrected chi connectivity index (χ1v) is 5.75. The first-order chi connectivity index (χ1) is 7.00. The largest absolute Gasteiger partial charge is 0.395 e. The summed E-state index contributed by atoms with van der Waals surface area (Å²) < 4.78 is 0. The third-order valence-electron chi connectivity index (χ3n) is 1.62. The van der Waals surface area contributed by atoms with E-state index in [1.807, 2.05) is 0 Å². The predicted molar refractivity (Wildman–Crippen MR) is 67.1 cm³/mol. The number of hydrogen-bond acceptors (Lipinski definition) is 2. The van der Waals surface area contributed by atoms with E-state index in [1.54, 1.807) is 0 Å². The van der Waals surface area contributed by atoms with E-state index in [2.05, 4.69) is 5.32 Å². The number of anilines is 1. The molecule has 2 nitrogen and oxygen atoms in total. The molecule has 0 saturated carbocycles. The van der Waals surface area contributed by atoms with Crippen molar-refractivity contribution in [3.05, 3.63) is 25.1 Å². The molecule has 0 fully saturated rings. The minimum Gasteiger partial charge on any atom is -0.395 e. The van der Waals surface area contributed by atoms with Crippen LogP contribution in [0.3, 0.4) is 0 Å². The number of benzene rings is 1. The van der Waals surface area contributed by atoms with Crippen LogP contribution in [-0.2, 0) is 0 Å². The van der Waals surface area contributed by atoms with E-state index >= 15 is 0 Å². The molecule has 1 aromatic rings. The molecular weight excluding hydrogens is 303 g/mol. The highest BCUT2D eigenvalue weighted by Gasteiger charge is 2.18. The summed E-state index contributed by atoms with van der Waals surface area (Å²) in [6.07, 6.45) is 0. The quantitative estimate of drug-likeness (QED) is 0.642. The lowest BCUT2D eigenvalue weighted by atomic mass is 10.3. The van der Waals surface area contributed by atoms with Gasteiger partial charge in [0, 0.05) is 6.54 Å². The van der Waals surface area contributed by atoms with E-state index < -0.39 is 0 Å². The fourth-order valence-corrected chi connectivity index (χ4v) is 2.21. The average molecular weight is 309 g/mol. The van der Waals surface area contributed by atoms with Crippen molar-refractivity contribution < 1.29 is 5.11 Å². The van der Waals surface area contributed by atoms with Crippen molar-refractivity contribution in [1.29, 1.82) is 0 Å². The zero-order chi connectivity index (χ0) is 11.6. The Labute approximate surface area is 112 Å². The monoisotopic (exact) mass is 307 g/mol. The summed E-state index contributed by atoms with van der Waals surface area (Å²) in [7, 11) is 0. The van der Waals surface area contributed by atoms with Crippen molar-refractivity contribution in [3.63, 3.8) is 0 Å². The van der Waals surface area contributed by atoms with E-state index in [9.17, 15) is 0 Å². The summed E-state index contributed by atoms with van der Waals surface area (Å²) in [6, 6.07) is 0. The second-order valence-electron chi connectivity index (χ2n) is 2.60. The number of nitrogens with one attached hydrogen (secondary N) is 1. The van der Waals surface area contributed by atoms with Crippen molar-refractivity contribution in [1.82, 2.24) is 0 Å². The molecule has 15 heavy (non-hydrogen) atoms. The normalized spacial score (nSPS) is 10.5. The molecule has 0 saturated heterocycles. The third-order valence-corrected chi connectivity index (χ3v) is 3.90. The molecule has 7 heteroatoms. The summed E-state index contributed by atoms with van der Waals surface area (Å²) in [4.78, 5) is 0. The Morgan fingerprint density at radius 2 is 1.20 bits per heavy atom. The SMILES string of the molecule is OCCNc1c(Cl)c(Cl)c(Cl)c(Cl)c1Cl. The summed E-state index contributed by atoms with van der Waals surface area (Å²) >= 11 is 29.3. The fraction of sp³-hybridized carbons (Fsp3) is 0.250. The van der Waals surface area contributed by atoms with Crippen molar-refractivity contribution in [3.8, 4) is 0 Å². The minimum absolute atomic E-state index is 0.0650. The van der Waals surface area contributed by atoms with Crippen LogP contribution in [0, 0.1) is 0 Å². The molecule has 0 aliphatic carbocycles. The summed E-state index contributed by atoms with van der Waals surface area (Å²) in [5, 5.41) is 12.2. The molecule has 0 radical (unpaired) electrons. The Morgan fingerprint density at radius 1 is 0.800 bits per heavy atom. The highest BCUT2D eigenvalue weighted by Crippen LogP contribution is 2.46. The molecule has 84 valence electrons. The van der Waals surface area contributed by atoms with Gasteiger partial charge in [0.2, 0.25) is 0 Å². The number of aliphatic hydroxyl groups excluding tert-OH is 1. The molecule has 0 atom stereocenters. The van der Waals surface area contributed by atoms with Crippen LogP contribution < -0.4 is 5.32 Å². The Hall–Kier alpha value is 0.430. The van der Waals surface area contributed by atoms with Gasteiger partial charge in [0.15, 0.2) is 0 Å². The molecule has 1 aromatic carbocycles. The highest BCUT2D eigenvalue weighted by molar-refractivity contribution is 6.56. The maximum Gasteiger partial charge on any atom is 0.0855 e. The predicted octanol–water partition coefficient (Wildman–Crippen LogP) is 4.36. The standard InChI is InChI=1S/C8H6Cl5NO/c9-3-4(10)6(12)8(14-1-2-15)7(13)5(3)11/h14-15H,1-2H2. The van der Waals surface area contributed by atoms with Gasteiger partial charge in [0.1, 0.15) is 0 Å². The van der Waals surface area contributed by atoms with E-state index in [0.717, 1.165) is 0 Å². The number of aliphatic hydroxyl groups is 1. The molecule has 0 aliphatic rings. The molecule has 0 spiro atoms. The van der Waals surface area contributed by atoms with Crippen LogP contribution in [-0.4, -0.2) is 18.3 Å². The Morgan fingerprint density at radius 3 is 1.60 bits per heavy atom. The molecule has 0 heterocycles. The molecule has 2 N–H and O–H groups in total. The van der Waals surface area contributed by atoms with Crippen LogP contribution in [0.1, 0.15) is 0 Å². The van der Waals surface area contributed by atoms with E-state index in [1.165, 1.54) is 0 Å². The Bertz CT molecular complexity index is 353. The molecule has 0 aliphatic heterocycles. The van der Waals surface area contributed by atoms with Gasteiger partial charge in [0.05, 0.1) is 37.4 Å². The smallest absolute Gasteiger partial charge is 0.0855 e. The topological polar surface area (TPSA) is 32.3 Å². The van der Waals surface area contributed by atoms with E-state index in [-0.39, 0.29) is 38.3 Å². The maximum atomic E-state index is 8.66. The molecule has 0 bridgehead atoms. The molecular formula is C8H6Cl5NO. The first-order valence-electron chi connectivity index (χ1n) is 3.86. The second-order valence-corrected chi connectivity index (χ2v) is 4.49. The number of halogens is 5. The Kier molecular flexibility index (Phi) is 5.10. The van der Waals surface area contributed by atoms with Gasteiger partial charge in [-0.25, -0.2) is 0 Å². The average Bonchev–Trinajstić information content (AvgIpc) is 2.24. The molecule has 0 aromatic heterocycles. The summed E-state index contributed by atoms with van der Waals surface area (Å²) in [6.45, 7) is 0.220. The van der Waals surface area contributed by atoms with Gasteiger partial charge in [-0.15, -0.1) is 0 Å². The Balaban J connectivity index is 3.26. The molecule has 0 unspecified atom stereocenters. The van der Waals surface area contributed by atoms with Gasteiger partial charge in [-0.05, 0) is 0 Å². The van der Waals surface area contributed by atoms with Crippen LogP contribution in [0.2, 0.25) is 25.1 Å². The second kappa shape index (κ2) is 5.67.